The van der Waals surface area contributed by atoms with Crippen molar-refractivity contribution >= 4 is 0 Å². The van der Waals surface area contributed by atoms with Crippen LogP contribution in [0.5, 0.6) is 0 Å². The summed E-state index contributed by atoms with van der Waals surface area (Å²) in [6.45, 7) is 2.92. The lowest BCUT2D eigenvalue weighted by Gasteiger charge is -2.37. The fourth-order valence-corrected chi connectivity index (χ4v) is 0.975. The second-order valence-corrected chi connectivity index (χ2v) is 2.77. The minimum absolute atomic E-state index is 0.226. The van der Waals surface area contributed by atoms with Crippen LogP contribution in [-0.2, 0) is 4.74 Å². The van der Waals surface area contributed by atoms with Gasteiger partial charge in [-0.05, 0) is 25.7 Å². The van der Waals surface area contributed by atoms with E-state index in [0.29, 0.717) is 0 Å². The predicted octanol–water partition coefficient (Wildman–Crippen LogP) is 1.25. The Hall–Kier alpha value is -0.0800. The standard InChI is InChI=1S/C7H15NO/c1-2-6-9-7(8)4-3-5-7/h2-6,8H2,1H3. The van der Waals surface area contributed by atoms with E-state index in [1.165, 1.54) is 6.42 Å². The van der Waals surface area contributed by atoms with Crippen molar-refractivity contribution in [1.82, 2.24) is 0 Å². The lowest BCUT2D eigenvalue weighted by Crippen LogP contribution is -2.49. The molecule has 1 fully saturated rings. The van der Waals surface area contributed by atoms with Crippen molar-refractivity contribution in [2.45, 2.75) is 38.3 Å². The molecule has 0 heterocycles. The summed E-state index contributed by atoms with van der Waals surface area (Å²) in [7, 11) is 0. The first kappa shape index (κ1) is 7.03. The molecule has 2 N–H and O–H groups in total. The number of rotatable bonds is 3. The highest BCUT2D eigenvalue weighted by Gasteiger charge is 2.32. The summed E-state index contributed by atoms with van der Waals surface area (Å²) in [4.78, 5) is 0. The molecule has 1 aliphatic rings. The summed E-state index contributed by atoms with van der Waals surface area (Å²) in [5, 5.41) is 0. The van der Waals surface area contributed by atoms with E-state index in [9.17, 15) is 0 Å². The zero-order chi connectivity index (χ0) is 6.74. The van der Waals surface area contributed by atoms with Crippen LogP contribution in [-0.4, -0.2) is 12.3 Å². The molecule has 0 amide bonds. The molecule has 2 heteroatoms. The summed E-state index contributed by atoms with van der Waals surface area (Å²) >= 11 is 0. The Labute approximate surface area is 56.4 Å². The molecular weight excluding hydrogens is 114 g/mol. The topological polar surface area (TPSA) is 35.2 Å². The molecule has 2 nitrogen and oxygen atoms in total. The summed E-state index contributed by atoms with van der Waals surface area (Å²) in [6.07, 6.45) is 4.40. The van der Waals surface area contributed by atoms with Gasteiger partial charge in [0.25, 0.3) is 0 Å². The van der Waals surface area contributed by atoms with E-state index in [2.05, 4.69) is 6.92 Å². The molecule has 0 aromatic carbocycles. The van der Waals surface area contributed by atoms with Crippen molar-refractivity contribution in [3.63, 3.8) is 0 Å². The summed E-state index contributed by atoms with van der Waals surface area (Å²) in [6, 6.07) is 0. The van der Waals surface area contributed by atoms with Crippen LogP contribution in [0.1, 0.15) is 32.6 Å². The lowest BCUT2D eigenvalue weighted by atomic mass is 9.89. The largest absolute Gasteiger partial charge is 0.361 e. The van der Waals surface area contributed by atoms with Crippen molar-refractivity contribution < 1.29 is 4.74 Å². The number of hydrogen-bond acceptors (Lipinski definition) is 2. The highest BCUT2D eigenvalue weighted by molar-refractivity contribution is 4.82. The lowest BCUT2D eigenvalue weighted by molar-refractivity contribution is -0.0945. The van der Waals surface area contributed by atoms with E-state index < -0.39 is 0 Å². The predicted molar refractivity (Wildman–Crippen MR) is 37.0 cm³/mol. The van der Waals surface area contributed by atoms with Gasteiger partial charge in [-0.25, -0.2) is 0 Å². The third-order valence-electron chi connectivity index (χ3n) is 1.79. The van der Waals surface area contributed by atoms with Crippen LogP contribution < -0.4 is 5.73 Å². The fourth-order valence-electron chi connectivity index (χ4n) is 0.975. The van der Waals surface area contributed by atoms with Gasteiger partial charge in [0.2, 0.25) is 0 Å². The highest BCUT2D eigenvalue weighted by Crippen LogP contribution is 2.29. The van der Waals surface area contributed by atoms with Gasteiger partial charge in [-0.15, -0.1) is 0 Å². The summed E-state index contributed by atoms with van der Waals surface area (Å²) in [5.41, 5.74) is 5.54. The Morgan fingerprint density at radius 3 is 2.56 bits per heavy atom. The molecule has 0 aliphatic heterocycles. The van der Waals surface area contributed by atoms with Gasteiger partial charge in [0.15, 0.2) is 0 Å². The van der Waals surface area contributed by atoms with E-state index in [4.69, 9.17) is 10.5 Å². The molecular formula is C7H15NO. The van der Waals surface area contributed by atoms with E-state index in [-0.39, 0.29) is 5.72 Å². The van der Waals surface area contributed by atoms with Crippen molar-refractivity contribution in [3.8, 4) is 0 Å². The maximum absolute atomic E-state index is 5.77. The molecule has 0 saturated heterocycles. The smallest absolute Gasteiger partial charge is 0.116 e. The van der Waals surface area contributed by atoms with Gasteiger partial charge < -0.3 is 10.5 Å². The van der Waals surface area contributed by atoms with Crippen LogP contribution in [0.4, 0.5) is 0 Å². The average molecular weight is 129 g/mol. The first-order valence-corrected chi connectivity index (χ1v) is 3.70. The fraction of sp³-hybridized carbons (Fsp3) is 1.00. The maximum atomic E-state index is 5.77. The normalized spacial score (nSPS) is 23.3. The SMILES string of the molecule is CCCOC1(N)CCC1. The third-order valence-corrected chi connectivity index (χ3v) is 1.79. The van der Waals surface area contributed by atoms with Crippen LogP contribution in [0.3, 0.4) is 0 Å². The Balaban J connectivity index is 2.09. The van der Waals surface area contributed by atoms with Gasteiger partial charge in [0.05, 0.1) is 0 Å². The van der Waals surface area contributed by atoms with Crippen LogP contribution in [0.15, 0.2) is 0 Å². The van der Waals surface area contributed by atoms with Crippen molar-refractivity contribution in [2.75, 3.05) is 6.61 Å². The van der Waals surface area contributed by atoms with Gasteiger partial charge in [-0.1, -0.05) is 6.92 Å². The summed E-state index contributed by atoms with van der Waals surface area (Å²) < 4.78 is 5.39. The monoisotopic (exact) mass is 129 g/mol. The molecule has 1 saturated carbocycles. The second-order valence-electron chi connectivity index (χ2n) is 2.77. The van der Waals surface area contributed by atoms with Crippen LogP contribution in [0, 0.1) is 0 Å². The highest BCUT2D eigenvalue weighted by atomic mass is 16.5. The van der Waals surface area contributed by atoms with Crippen LogP contribution >= 0.6 is 0 Å². The molecule has 0 radical (unpaired) electrons. The van der Waals surface area contributed by atoms with E-state index in [1.54, 1.807) is 0 Å². The summed E-state index contributed by atoms with van der Waals surface area (Å²) in [5.74, 6) is 0. The Morgan fingerprint density at radius 2 is 2.22 bits per heavy atom. The van der Waals surface area contributed by atoms with Crippen LogP contribution in [0.2, 0.25) is 0 Å². The zero-order valence-electron chi connectivity index (χ0n) is 6.02. The van der Waals surface area contributed by atoms with Gasteiger partial charge in [-0.3, -0.25) is 0 Å². The number of ether oxygens (including phenoxy) is 1. The maximum Gasteiger partial charge on any atom is 0.116 e. The third kappa shape index (κ3) is 1.66. The molecule has 54 valence electrons. The van der Waals surface area contributed by atoms with Crippen LogP contribution in [0.25, 0.3) is 0 Å². The Bertz CT molecular complexity index is 88.9. The van der Waals surface area contributed by atoms with Gasteiger partial charge in [0.1, 0.15) is 5.72 Å². The quantitative estimate of drug-likeness (QED) is 0.582. The van der Waals surface area contributed by atoms with Crippen molar-refractivity contribution in [3.05, 3.63) is 0 Å². The molecule has 0 spiro atoms. The Kier molecular flexibility index (Phi) is 2.09. The Morgan fingerprint density at radius 1 is 1.56 bits per heavy atom. The molecule has 0 aromatic rings. The van der Waals surface area contributed by atoms with Crippen molar-refractivity contribution in [1.29, 1.82) is 0 Å². The first-order valence-electron chi connectivity index (χ1n) is 3.70. The van der Waals surface area contributed by atoms with E-state index in [0.717, 1.165) is 25.9 Å². The first-order chi connectivity index (χ1) is 4.27. The average Bonchev–Trinajstić information content (AvgIpc) is 1.79. The van der Waals surface area contributed by atoms with E-state index in [1.807, 2.05) is 0 Å². The number of hydrogen-bond donors (Lipinski definition) is 1. The van der Waals surface area contributed by atoms with Crippen molar-refractivity contribution in [2.24, 2.45) is 5.73 Å². The van der Waals surface area contributed by atoms with Gasteiger partial charge >= 0.3 is 0 Å². The number of nitrogens with two attached hydrogens (primary N) is 1. The molecule has 0 unspecified atom stereocenters. The molecule has 1 aliphatic carbocycles. The molecule has 0 bridgehead atoms. The molecule has 0 atom stereocenters. The van der Waals surface area contributed by atoms with Gasteiger partial charge in [-0.2, -0.15) is 0 Å². The van der Waals surface area contributed by atoms with E-state index >= 15 is 0 Å². The molecule has 9 heavy (non-hydrogen) atoms. The molecule has 1 rings (SSSR count). The minimum Gasteiger partial charge on any atom is -0.361 e. The molecule has 0 aromatic heterocycles. The minimum atomic E-state index is -0.226. The second kappa shape index (κ2) is 2.67. The zero-order valence-corrected chi connectivity index (χ0v) is 6.02. The van der Waals surface area contributed by atoms with Gasteiger partial charge in [0, 0.05) is 6.61 Å².